The Balaban J connectivity index is 2.78. The fourth-order valence-corrected chi connectivity index (χ4v) is 2.89. The molecule has 2 atom stereocenters. The van der Waals surface area contributed by atoms with Gasteiger partial charge in [0, 0.05) is 26.7 Å². The summed E-state index contributed by atoms with van der Waals surface area (Å²) in [5.74, 6) is -0.876. The topological polar surface area (TPSA) is 66.8 Å². The maximum Gasteiger partial charge on any atom is 0.326 e. The number of carboxylic acids is 1. The molecule has 1 N–H and O–H groups in total. The molecule has 110 valence electrons. The van der Waals surface area contributed by atoms with Gasteiger partial charge in [0.2, 0.25) is 5.91 Å². The third-order valence-electron chi connectivity index (χ3n) is 3.80. The van der Waals surface area contributed by atoms with Crippen LogP contribution in [0.2, 0.25) is 0 Å². The Morgan fingerprint density at radius 1 is 1.47 bits per heavy atom. The van der Waals surface area contributed by atoms with E-state index < -0.39 is 12.0 Å². The average Bonchev–Trinajstić information content (AvgIpc) is 2.26. The Morgan fingerprint density at radius 2 is 2.11 bits per heavy atom. The number of ether oxygens (including phenoxy) is 1. The molecule has 5 nitrogen and oxygen atoms in total. The molecule has 0 aromatic carbocycles. The van der Waals surface area contributed by atoms with Gasteiger partial charge in [-0.1, -0.05) is 20.8 Å². The molecule has 2 unspecified atom stereocenters. The summed E-state index contributed by atoms with van der Waals surface area (Å²) >= 11 is 0. The maximum absolute atomic E-state index is 12.3. The van der Waals surface area contributed by atoms with E-state index in [0.29, 0.717) is 19.6 Å². The summed E-state index contributed by atoms with van der Waals surface area (Å²) in [7, 11) is 1.60. The number of amides is 1. The minimum Gasteiger partial charge on any atom is -0.480 e. The van der Waals surface area contributed by atoms with Gasteiger partial charge in [-0.05, 0) is 24.2 Å². The minimum atomic E-state index is -0.905. The number of carboxylic acid groups (broad SMARTS) is 1. The predicted octanol–water partition coefficient (Wildman–Crippen LogP) is 1.76. The first-order chi connectivity index (χ1) is 8.79. The van der Waals surface area contributed by atoms with E-state index in [1.807, 2.05) is 20.8 Å². The molecule has 0 bridgehead atoms. The molecule has 1 rings (SSSR count). The maximum atomic E-state index is 12.3. The van der Waals surface area contributed by atoms with E-state index in [0.717, 1.165) is 12.8 Å². The van der Waals surface area contributed by atoms with Gasteiger partial charge in [-0.2, -0.15) is 0 Å². The first-order valence-corrected chi connectivity index (χ1v) is 6.81. The second-order valence-electron chi connectivity index (χ2n) is 6.18. The lowest BCUT2D eigenvalue weighted by Gasteiger charge is -2.44. The third kappa shape index (κ3) is 3.93. The van der Waals surface area contributed by atoms with Crippen LogP contribution in [0.4, 0.5) is 0 Å². The van der Waals surface area contributed by atoms with Crippen molar-refractivity contribution in [1.29, 1.82) is 0 Å². The standard InChI is InChI=1S/C14H25NO4/c1-10(9-19-4)8-11(16)15-7-5-6-14(2,3)12(15)13(17)18/h10,12H,5-9H2,1-4H3,(H,17,18). The molecular formula is C14H25NO4. The highest BCUT2D eigenvalue weighted by atomic mass is 16.5. The Morgan fingerprint density at radius 3 is 2.63 bits per heavy atom. The summed E-state index contributed by atoms with van der Waals surface area (Å²) in [5, 5.41) is 9.41. The van der Waals surface area contributed by atoms with E-state index in [1.165, 1.54) is 4.90 Å². The number of piperidine rings is 1. The van der Waals surface area contributed by atoms with Crippen LogP contribution in [0.1, 0.15) is 40.0 Å². The molecule has 5 heteroatoms. The monoisotopic (exact) mass is 271 g/mol. The van der Waals surface area contributed by atoms with Crippen LogP contribution in [0.5, 0.6) is 0 Å². The van der Waals surface area contributed by atoms with Crippen LogP contribution < -0.4 is 0 Å². The van der Waals surface area contributed by atoms with E-state index in [2.05, 4.69) is 0 Å². The zero-order valence-electron chi connectivity index (χ0n) is 12.3. The number of carbonyl (C=O) groups excluding carboxylic acids is 1. The largest absolute Gasteiger partial charge is 0.480 e. The smallest absolute Gasteiger partial charge is 0.326 e. The van der Waals surface area contributed by atoms with Crippen molar-refractivity contribution >= 4 is 11.9 Å². The van der Waals surface area contributed by atoms with Crippen molar-refractivity contribution in [3.05, 3.63) is 0 Å². The van der Waals surface area contributed by atoms with E-state index in [-0.39, 0.29) is 17.2 Å². The first kappa shape index (κ1) is 16.0. The Hall–Kier alpha value is -1.10. The third-order valence-corrected chi connectivity index (χ3v) is 3.80. The van der Waals surface area contributed by atoms with Crippen molar-refractivity contribution in [2.24, 2.45) is 11.3 Å². The van der Waals surface area contributed by atoms with E-state index in [4.69, 9.17) is 4.74 Å². The molecule has 1 aliphatic rings. The van der Waals surface area contributed by atoms with Gasteiger partial charge in [0.25, 0.3) is 0 Å². The number of hydrogen-bond donors (Lipinski definition) is 1. The average molecular weight is 271 g/mol. The summed E-state index contributed by atoms with van der Waals surface area (Å²) in [4.78, 5) is 25.3. The molecule has 0 radical (unpaired) electrons. The molecule has 1 fully saturated rings. The van der Waals surface area contributed by atoms with Gasteiger partial charge < -0.3 is 14.7 Å². The summed E-state index contributed by atoms with van der Waals surface area (Å²) in [5.41, 5.74) is -0.371. The highest BCUT2D eigenvalue weighted by molar-refractivity contribution is 5.84. The summed E-state index contributed by atoms with van der Waals surface area (Å²) in [6.07, 6.45) is 2.04. The molecule has 0 aliphatic carbocycles. The van der Waals surface area contributed by atoms with Crippen LogP contribution in [0, 0.1) is 11.3 Å². The highest BCUT2D eigenvalue weighted by Gasteiger charge is 2.44. The summed E-state index contributed by atoms with van der Waals surface area (Å²) in [6.45, 7) is 6.83. The Kier molecular flexibility index (Phi) is 5.35. The molecule has 0 aromatic heterocycles. The van der Waals surface area contributed by atoms with Crippen molar-refractivity contribution in [2.45, 2.75) is 46.1 Å². The molecular weight excluding hydrogens is 246 g/mol. The van der Waals surface area contributed by atoms with Crippen LogP contribution in [0.25, 0.3) is 0 Å². The number of nitrogens with zero attached hydrogens (tertiary/aromatic N) is 1. The zero-order valence-corrected chi connectivity index (χ0v) is 12.3. The highest BCUT2D eigenvalue weighted by Crippen LogP contribution is 2.35. The van der Waals surface area contributed by atoms with Gasteiger partial charge in [0.15, 0.2) is 0 Å². The van der Waals surface area contributed by atoms with E-state index in [9.17, 15) is 14.7 Å². The molecule has 1 heterocycles. The van der Waals surface area contributed by atoms with Crippen LogP contribution in [-0.2, 0) is 14.3 Å². The van der Waals surface area contributed by atoms with Crippen LogP contribution >= 0.6 is 0 Å². The number of likely N-dealkylation sites (tertiary alicyclic amines) is 1. The van der Waals surface area contributed by atoms with Gasteiger partial charge in [-0.3, -0.25) is 4.79 Å². The number of methoxy groups -OCH3 is 1. The second-order valence-corrected chi connectivity index (χ2v) is 6.18. The molecule has 0 aromatic rings. The van der Waals surface area contributed by atoms with Gasteiger partial charge in [0.05, 0.1) is 0 Å². The molecule has 1 aliphatic heterocycles. The fourth-order valence-electron chi connectivity index (χ4n) is 2.89. The van der Waals surface area contributed by atoms with E-state index >= 15 is 0 Å². The molecule has 1 amide bonds. The Labute approximate surface area is 114 Å². The number of rotatable bonds is 5. The minimum absolute atomic E-state index is 0.0790. The van der Waals surface area contributed by atoms with Crippen molar-refractivity contribution in [3.8, 4) is 0 Å². The lowest BCUT2D eigenvalue weighted by molar-refractivity contribution is -0.159. The Bertz CT molecular complexity index is 340. The lowest BCUT2D eigenvalue weighted by atomic mass is 9.76. The number of carbonyl (C=O) groups is 2. The normalized spacial score (nSPS) is 24.0. The van der Waals surface area contributed by atoms with Crippen molar-refractivity contribution in [1.82, 2.24) is 4.90 Å². The summed E-state index contributed by atoms with van der Waals surface area (Å²) < 4.78 is 5.02. The lowest BCUT2D eigenvalue weighted by Crippen LogP contribution is -2.56. The predicted molar refractivity (Wildman–Crippen MR) is 71.8 cm³/mol. The van der Waals surface area contributed by atoms with Crippen LogP contribution in [0.15, 0.2) is 0 Å². The van der Waals surface area contributed by atoms with Crippen molar-refractivity contribution < 1.29 is 19.4 Å². The number of aliphatic carboxylic acids is 1. The van der Waals surface area contributed by atoms with Gasteiger partial charge in [0.1, 0.15) is 6.04 Å². The van der Waals surface area contributed by atoms with E-state index in [1.54, 1.807) is 7.11 Å². The van der Waals surface area contributed by atoms with Gasteiger partial charge in [-0.25, -0.2) is 4.79 Å². The van der Waals surface area contributed by atoms with Crippen molar-refractivity contribution in [2.75, 3.05) is 20.3 Å². The molecule has 19 heavy (non-hydrogen) atoms. The zero-order chi connectivity index (χ0) is 14.6. The first-order valence-electron chi connectivity index (χ1n) is 6.81. The SMILES string of the molecule is COCC(C)CC(=O)N1CCCC(C)(C)C1C(=O)O. The van der Waals surface area contributed by atoms with Gasteiger partial charge in [-0.15, -0.1) is 0 Å². The van der Waals surface area contributed by atoms with Crippen LogP contribution in [0.3, 0.4) is 0 Å². The molecule has 0 spiro atoms. The molecule has 0 saturated carbocycles. The van der Waals surface area contributed by atoms with Crippen LogP contribution in [-0.4, -0.2) is 48.2 Å². The van der Waals surface area contributed by atoms with Crippen molar-refractivity contribution in [3.63, 3.8) is 0 Å². The quantitative estimate of drug-likeness (QED) is 0.827. The number of hydrogen-bond acceptors (Lipinski definition) is 3. The fraction of sp³-hybridized carbons (Fsp3) is 0.857. The summed E-state index contributed by atoms with van der Waals surface area (Å²) in [6, 6.07) is -0.719. The molecule has 1 saturated heterocycles. The second kappa shape index (κ2) is 6.37. The van der Waals surface area contributed by atoms with Gasteiger partial charge >= 0.3 is 5.97 Å².